The first kappa shape index (κ1) is 15.6. The number of hydrogen-bond donors (Lipinski definition) is 0. The number of aromatic nitrogens is 2. The summed E-state index contributed by atoms with van der Waals surface area (Å²) in [4.78, 5) is 18.5. The molecule has 1 aromatic carbocycles. The molecule has 0 saturated carbocycles. The van der Waals surface area contributed by atoms with Crippen molar-refractivity contribution in [3.8, 4) is 11.8 Å². The molecule has 0 aliphatic carbocycles. The number of fused-ring (bicyclic) bond motifs is 1. The van der Waals surface area contributed by atoms with E-state index in [1.165, 1.54) is 10.6 Å². The third-order valence-electron chi connectivity index (χ3n) is 3.99. The molecular formula is C18H16N4O2. The van der Waals surface area contributed by atoms with Crippen molar-refractivity contribution >= 4 is 22.4 Å². The van der Waals surface area contributed by atoms with E-state index in [1.807, 2.05) is 42.3 Å². The van der Waals surface area contributed by atoms with E-state index in [-0.39, 0.29) is 5.56 Å². The molecule has 0 radical (unpaired) electrons. The Labute approximate surface area is 139 Å². The summed E-state index contributed by atoms with van der Waals surface area (Å²) >= 11 is 0. The lowest BCUT2D eigenvalue weighted by molar-refractivity contribution is 0.415. The predicted octanol–water partition coefficient (Wildman–Crippen LogP) is 2.58. The van der Waals surface area contributed by atoms with Crippen molar-refractivity contribution in [1.82, 2.24) is 9.55 Å². The molecule has 120 valence electrons. The van der Waals surface area contributed by atoms with Crippen LogP contribution in [-0.4, -0.2) is 23.7 Å². The summed E-state index contributed by atoms with van der Waals surface area (Å²) in [6.07, 6.45) is 0. The maximum absolute atomic E-state index is 12.3. The van der Waals surface area contributed by atoms with Crippen LogP contribution in [0.4, 0.5) is 11.4 Å². The first-order chi connectivity index (χ1) is 11.5. The van der Waals surface area contributed by atoms with Gasteiger partial charge in [0.25, 0.3) is 5.56 Å². The summed E-state index contributed by atoms with van der Waals surface area (Å²) in [7, 11) is 5.14. The Balaban J connectivity index is 2.26. The van der Waals surface area contributed by atoms with Gasteiger partial charge in [-0.2, -0.15) is 5.26 Å². The Morgan fingerprint density at radius 3 is 2.75 bits per heavy atom. The number of methoxy groups -OCH3 is 1. The van der Waals surface area contributed by atoms with Crippen LogP contribution in [0.3, 0.4) is 0 Å². The van der Waals surface area contributed by atoms with Gasteiger partial charge in [-0.3, -0.25) is 4.79 Å². The van der Waals surface area contributed by atoms with Crippen LogP contribution < -0.4 is 15.2 Å². The highest BCUT2D eigenvalue weighted by atomic mass is 16.5. The van der Waals surface area contributed by atoms with E-state index in [0.29, 0.717) is 22.4 Å². The Bertz CT molecular complexity index is 1020. The molecule has 3 rings (SSSR count). The molecule has 3 aromatic rings. The number of anilines is 2. The fourth-order valence-corrected chi connectivity index (χ4v) is 2.59. The van der Waals surface area contributed by atoms with Gasteiger partial charge in [-0.1, -0.05) is 6.07 Å². The number of pyridine rings is 2. The Morgan fingerprint density at radius 2 is 2.04 bits per heavy atom. The van der Waals surface area contributed by atoms with E-state index < -0.39 is 0 Å². The molecule has 6 heteroatoms. The minimum atomic E-state index is -0.140. The molecule has 0 fully saturated rings. The monoisotopic (exact) mass is 320 g/mol. The first-order valence-corrected chi connectivity index (χ1v) is 7.34. The molecule has 2 aromatic heterocycles. The Kier molecular flexibility index (Phi) is 3.92. The van der Waals surface area contributed by atoms with Crippen molar-refractivity contribution in [2.45, 2.75) is 0 Å². The quantitative estimate of drug-likeness (QED) is 0.742. The van der Waals surface area contributed by atoms with Crippen LogP contribution in [0.25, 0.3) is 11.0 Å². The Morgan fingerprint density at radius 1 is 1.25 bits per heavy atom. The predicted molar refractivity (Wildman–Crippen MR) is 92.8 cm³/mol. The van der Waals surface area contributed by atoms with Crippen molar-refractivity contribution in [2.24, 2.45) is 7.05 Å². The van der Waals surface area contributed by atoms with Crippen molar-refractivity contribution in [3.05, 3.63) is 58.5 Å². The number of rotatable bonds is 3. The number of aryl methyl sites for hydroxylation is 1. The number of ether oxygens (including phenoxy) is 1. The third-order valence-corrected chi connectivity index (χ3v) is 3.99. The standard InChI is InChI=1S/C18H16N4O2/c1-21(13-5-4-6-14(9-13)24-3)16-10-17(23)22(2)15-8-7-12(11-19)20-18(15)16/h4-10H,1-3H3. The minimum Gasteiger partial charge on any atom is -0.497 e. The zero-order chi connectivity index (χ0) is 17.3. The van der Waals surface area contributed by atoms with Gasteiger partial charge in [0.1, 0.15) is 23.0 Å². The topological polar surface area (TPSA) is 71.2 Å². The van der Waals surface area contributed by atoms with Crippen LogP contribution in [0.2, 0.25) is 0 Å². The van der Waals surface area contributed by atoms with Crippen LogP contribution in [0.1, 0.15) is 5.69 Å². The largest absolute Gasteiger partial charge is 0.497 e. The van der Waals surface area contributed by atoms with E-state index in [1.54, 1.807) is 26.3 Å². The first-order valence-electron chi connectivity index (χ1n) is 7.34. The lowest BCUT2D eigenvalue weighted by Gasteiger charge is -2.22. The molecule has 0 spiro atoms. The average molecular weight is 320 g/mol. The lowest BCUT2D eigenvalue weighted by Crippen LogP contribution is -2.20. The highest BCUT2D eigenvalue weighted by molar-refractivity contribution is 5.90. The van der Waals surface area contributed by atoms with Gasteiger partial charge in [0.2, 0.25) is 0 Å². The maximum Gasteiger partial charge on any atom is 0.252 e. The van der Waals surface area contributed by atoms with Crippen molar-refractivity contribution < 1.29 is 4.74 Å². The molecule has 0 atom stereocenters. The molecule has 0 amide bonds. The van der Waals surface area contributed by atoms with Gasteiger partial charge in [-0.25, -0.2) is 4.98 Å². The van der Waals surface area contributed by atoms with Crippen LogP contribution in [0, 0.1) is 11.3 Å². The van der Waals surface area contributed by atoms with Crippen LogP contribution in [0.15, 0.2) is 47.3 Å². The normalized spacial score (nSPS) is 10.4. The smallest absolute Gasteiger partial charge is 0.252 e. The van der Waals surface area contributed by atoms with E-state index >= 15 is 0 Å². The summed E-state index contributed by atoms with van der Waals surface area (Å²) in [5.74, 6) is 0.721. The van der Waals surface area contributed by atoms with Gasteiger partial charge in [0.05, 0.1) is 18.3 Å². The van der Waals surface area contributed by atoms with Gasteiger partial charge in [0, 0.05) is 31.9 Å². The number of nitrogens with zero attached hydrogens (tertiary/aromatic N) is 4. The highest BCUT2D eigenvalue weighted by Crippen LogP contribution is 2.30. The molecule has 24 heavy (non-hydrogen) atoms. The molecule has 0 aliphatic heterocycles. The van der Waals surface area contributed by atoms with Gasteiger partial charge >= 0.3 is 0 Å². The van der Waals surface area contributed by atoms with Gasteiger partial charge in [-0.15, -0.1) is 0 Å². The second kappa shape index (κ2) is 6.05. The molecular weight excluding hydrogens is 304 g/mol. The molecule has 0 bridgehead atoms. The van der Waals surface area contributed by atoms with Gasteiger partial charge < -0.3 is 14.2 Å². The number of benzene rings is 1. The number of nitriles is 1. The van der Waals surface area contributed by atoms with Crippen molar-refractivity contribution in [3.63, 3.8) is 0 Å². The van der Waals surface area contributed by atoms with E-state index in [0.717, 1.165) is 11.4 Å². The SMILES string of the molecule is COc1cccc(N(C)c2cc(=O)n(C)c3ccc(C#N)nc23)c1. The van der Waals surface area contributed by atoms with E-state index in [2.05, 4.69) is 4.98 Å². The average Bonchev–Trinajstić information content (AvgIpc) is 2.63. The van der Waals surface area contributed by atoms with Gasteiger partial charge in [-0.05, 0) is 24.3 Å². The highest BCUT2D eigenvalue weighted by Gasteiger charge is 2.14. The number of hydrogen-bond acceptors (Lipinski definition) is 5. The van der Waals surface area contributed by atoms with Gasteiger partial charge in [0.15, 0.2) is 0 Å². The molecule has 2 heterocycles. The van der Waals surface area contributed by atoms with E-state index in [4.69, 9.17) is 10.00 Å². The fraction of sp³-hybridized carbons (Fsp3) is 0.167. The molecule has 0 aliphatic rings. The summed E-state index contributed by atoms with van der Waals surface area (Å²) in [5.41, 5.74) is 2.93. The molecule has 0 N–H and O–H groups in total. The van der Waals surface area contributed by atoms with Crippen LogP contribution in [-0.2, 0) is 7.05 Å². The lowest BCUT2D eigenvalue weighted by atomic mass is 10.2. The summed E-state index contributed by atoms with van der Waals surface area (Å²) in [5, 5.41) is 9.12. The maximum atomic E-state index is 12.3. The summed E-state index contributed by atoms with van der Waals surface area (Å²) in [6, 6.07) is 14.4. The third kappa shape index (κ3) is 2.57. The fourth-order valence-electron chi connectivity index (χ4n) is 2.59. The van der Waals surface area contributed by atoms with E-state index in [9.17, 15) is 4.79 Å². The molecule has 0 saturated heterocycles. The zero-order valence-corrected chi connectivity index (χ0v) is 13.6. The van der Waals surface area contributed by atoms with Crippen LogP contribution >= 0.6 is 0 Å². The Hall–Kier alpha value is -3.33. The molecule has 6 nitrogen and oxygen atoms in total. The minimum absolute atomic E-state index is 0.140. The zero-order valence-electron chi connectivity index (χ0n) is 13.6. The van der Waals surface area contributed by atoms with Crippen molar-refractivity contribution in [2.75, 3.05) is 19.1 Å². The van der Waals surface area contributed by atoms with Crippen LogP contribution in [0.5, 0.6) is 5.75 Å². The van der Waals surface area contributed by atoms with Crippen molar-refractivity contribution in [1.29, 1.82) is 5.26 Å². The summed E-state index contributed by atoms with van der Waals surface area (Å²) < 4.78 is 6.78. The second-order valence-corrected chi connectivity index (χ2v) is 5.36. The second-order valence-electron chi connectivity index (χ2n) is 5.36. The molecule has 0 unspecified atom stereocenters. The summed E-state index contributed by atoms with van der Waals surface area (Å²) in [6.45, 7) is 0.